The first-order chi connectivity index (χ1) is 7.25. The SMILES string of the molecule is CCCCN1CCCNc2c1c(=O)c2=O. The van der Waals surface area contributed by atoms with E-state index in [1.165, 1.54) is 0 Å². The summed E-state index contributed by atoms with van der Waals surface area (Å²) in [5, 5.41) is 3.04. The first kappa shape index (κ1) is 10.2. The molecule has 0 fully saturated rings. The molecular weight excluding hydrogens is 192 g/mol. The van der Waals surface area contributed by atoms with Gasteiger partial charge in [0.1, 0.15) is 11.4 Å². The van der Waals surface area contributed by atoms with E-state index < -0.39 is 0 Å². The van der Waals surface area contributed by atoms with E-state index in [9.17, 15) is 9.59 Å². The quantitative estimate of drug-likeness (QED) is 0.743. The van der Waals surface area contributed by atoms with Gasteiger partial charge in [-0.1, -0.05) is 13.3 Å². The summed E-state index contributed by atoms with van der Waals surface area (Å²) in [5.74, 6) is 0. The fourth-order valence-electron chi connectivity index (χ4n) is 2.01. The summed E-state index contributed by atoms with van der Waals surface area (Å²) in [6, 6.07) is 0. The van der Waals surface area contributed by atoms with E-state index in [4.69, 9.17) is 0 Å². The third-order valence-corrected chi connectivity index (χ3v) is 2.89. The Morgan fingerprint density at radius 1 is 1.33 bits per heavy atom. The molecule has 0 amide bonds. The molecule has 4 heteroatoms. The lowest BCUT2D eigenvalue weighted by Crippen LogP contribution is -2.41. The average molecular weight is 208 g/mol. The Bertz CT molecular complexity index is 418. The maximum absolute atomic E-state index is 11.4. The molecule has 0 atom stereocenters. The lowest BCUT2D eigenvalue weighted by Gasteiger charge is -2.24. The number of fused-ring (bicyclic) bond motifs is 1. The van der Waals surface area contributed by atoms with E-state index in [2.05, 4.69) is 17.1 Å². The number of nitrogens with zero attached hydrogens (tertiary/aromatic N) is 1. The van der Waals surface area contributed by atoms with Crippen LogP contribution in [0.4, 0.5) is 11.4 Å². The van der Waals surface area contributed by atoms with Crippen LogP contribution in [-0.4, -0.2) is 19.6 Å². The van der Waals surface area contributed by atoms with Gasteiger partial charge in [0.2, 0.25) is 0 Å². The zero-order valence-electron chi connectivity index (χ0n) is 9.01. The fourth-order valence-corrected chi connectivity index (χ4v) is 2.01. The van der Waals surface area contributed by atoms with Crippen molar-refractivity contribution in [1.29, 1.82) is 0 Å². The monoisotopic (exact) mass is 208 g/mol. The van der Waals surface area contributed by atoms with Crippen LogP contribution in [-0.2, 0) is 0 Å². The summed E-state index contributed by atoms with van der Waals surface area (Å²) in [4.78, 5) is 24.8. The number of anilines is 2. The molecule has 1 aliphatic heterocycles. The minimum Gasteiger partial charge on any atom is -0.380 e. The Balaban J connectivity index is 2.23. The summed E-state index contributed by atoms with van der Waals surface area (Å²) in [6.07, 6.45) is 3.16. The van der Waals surface area contributed by atoms with Gasteiger partial charge >= 0.3 is 0 Å². The molecule has 0 saturated carbocycles. The van der Waals surface area contributed by atoms with Crippen LogP contribution in [0.3, 0.4) is 0 Å². The van der Waals surface area contributed by atoms with Gasteiger partial charge in [-0.05, 0) is 12.8 Å². The van der Waals surface area contributed by atoms with E-state index in [1.54, 1.807) is 0 Å². The topological polar surface area (TPSA) is 49.4 Å². The molecule has 15 heavy (non-hydrogen) atoms. The van der Waals surface area contributed by atoms with Gasteiger partial charge in [0.05, 0.1) is 0 Å². The Morgan fingerprint density at radius 3 is 2.87 bits per heavy atom. The van der Waals surface area contributed by atoms with E-state index in [1.807, 2.05) is 0 Å². The molecule has 1 heterocycles. The van der Waals surface area contributed by atoms with Crippen LogP contribution in [0.15, 0.2) is 9.59 Å². The van der Waals surface area contributed by atoms with Gasteiger partial charge in [0, 0.05) is 19.6 Å². The molecule has 0 unspecified atom stereocenters. The molecule has 0 spiro atoms. The smallest absolute Gasteiger partial charge is 0.253 e. The number of hydrogen-bond donors (Lipinski definition) is 1. The van der Waals surface area contributed by atoms with Crippen LogP contribution in [0.25, 0.3) is 0 Å². The minimum absolute atomic E-state index is 0.310. The van der Waals surface area contributed by atoms with Gasteiger partial charge in [-0.2, -0.15) is 0 Å². The van der Waals surface area contributed by atoms with Gasteiger partial charge in [-0.15, -0.1) is 0 Å². The third-order valence-electron chi connectivity index (χ3n) is 2.89. The second kappa shape index (κ2) is 4.04. The summed E-state index contributed by atoms with van der Waals surface area (Å²) in [5.41, 5.74) is 0.531. The fraction of sp³-hybridized carbons (Fsp3) is 0.636. The van der Waals surface area contributed by atoms with Crippen LogP contribution < -0.4 is 21.1 Å². The second-order valence-electron chi connectivity index (χ2n) is 4.00. The maximum atomic E-state index is 11.4. The van der Waals surface area contributed by atoms with Gasteiger partial charge in [0.15, 0.2) is 0 Å². The number of hydrogen-bond acceptors (Lipinski definition) is 4. The van der Waals surface area contributed by atoms with Crippen LogP contribution >= 0.6 is 0 Å². The molecule has 0 saturated heterocycles. The standard InChI is InChI=1S/C11H16N2O2/c1-2-3-6-13-7-4-5-12-8-9(13)11(15)10(8)14/h12H,2-7H2,1H3. The Labute approximate surface area is 88.6 Å². The molecule has 0 radical (unpaired) electrons. The summed E-state index contributed by atoms with van der Waals surface area (Å²) in [7, 11) is 0. The molecule has 2 rings (SSSR count). The zero-order valence-corrected chi connectivity index (χ0v) is 9.01. The van der Waals surface area contributed by atoms with Gasteiger partial charge in [-0.3, -0.25) is 9.59 Å². The molecular formula is C11H16N2O2. The highest BCUT2D eigenvalue weighted by Gasteiger charge is 2.26. The second-order valence-corrected chi connectivity index (χ2v) is 4.00. The normalized spacial score (nSPS) is 15.9. The number of nitrogens with one attached hydrogen (secondary N) is 1. The van der Waals surface area contributed by atoms with Crippen molar-refractivity contribution < 1.29 is 0 Å². The third kappa shape index (κ3) is 1.64. The molecule has 1 aliphatic rings. The first-order valence-corrected chi connectivity index (χ1v) is 5.57. The molecule has 0 bridgehead atoms. The van der Waals surface area contributed by atoms with E-state index in [-0.39, 0.29) is 10.9 Å². The van der Waals surface area contributed by atoms with Gasteiger partial charge in [0.25, 0.3) is 10.9 Å². The highest BCUT2D eigenvalue weighted by molar-refractivity contribution is 5.75. The predicted octanol–water partition coefficient (Wildman–Crippen LogP) is 0.705. The molecule has 0 aliphatic carbocycles. The average Bonchev–Trinajstić information content (AvgIpc) is 2.45. The first-order valence-electron chi connectivity index (χ1n) is 5.57. The molecule has 1 aromatic rings. The van der Waals surface area contributed by atoms with Crippen molar-refractivity contribution in [2.75, 3.05) is 29.9 Å². The van der Waals surface area contributed by atoms with Crippen molar-refractivity contribution in [3.8, 4) is 0 Å². The Kier molecular flexibility index (Phi) is 2.75. The molecule has 82 valence electrons. The summed E-state index contributed by atoms with van der Waals surface area (Å²) in [6.45, 7) is 4.68. The lowest BCUT2D eigenvalue weighted by atomic mass is 10.1. The van der Waals surface area contributed by atoms with Crippen LogP contribution in [0, 0.1) is 0 Å². The molecule has 4 nitrogen and oxygen atoms in total. The van der Waals surface area contributed by atoms with E-state index in [0.29, 0.717) is 11.4 Å². The van der Waals surface area contributed by atoms with Crippen molar-refractivity contribution in [2.45, 2.75) is 26.2 Å². The molecule has 0 aromatic heterocycles. The number of rotatable bonds is 3. The van der Waals surface area contributed by atoms with Crippen molar-refractivity contribution in [3.63, 3.8) is 0 Å². The summed E-state index contributed by atoms with van der Waals surface area (Å²) >= 11 is 0. The largest absolute Gasteiger partial charge is 0.380 e. The maximum Gasteiger partial charge on any atom is 0.253 e. The number of unbranched alkanes of at least 4 members (excludes halogenated alkanes) is 1. The molecule has 1 N–H and O–H groups in total. The van der Waals surface area contributed by atoms with Crippen molar-refractivity contribution >= 4 is 11.4 Å². The zero-order chi connectivity index (χ0) is 10.8. The predicted molar refractivity (Wildman–Crippen MR) is 61.6 cm³/mol. The Morgan fingerprint density at radius 2 is 2.13 bits per heavy atom. The van der Waals surface area contributed by atoms with E-state index >= 15 is 0 Å². The Hall–Kier alpha value is -1.32. The summed E-state index contributed by atoms with van der Waals surface area (Å²) < 4.78 is 0. The van der Waals surface area contributed by atoms with Crippen molar-refractivity contribution in [2.24, 2.45) is 0 Å². The van der Waals surface area contributed by atoms with Crippen LogP contribution in [0.5, 0.6) is 0 Å². The lowest BCUT2D eigenvalue weighted by molar-refractivity contribution is 0.702. The van der Waals surface area contributed by atoms with Crippen molar-refractivity contribution in [1.82, 2.24) is 0 Å². The van der Waals surface area contributed by atoms with Crippen LogP contribution in [0.2, 0.25) is 0 Å². The van der Waals surface area contributed by atoms with Crippen LogP contribution in [0.1, 0.15) is 26.2 Å². The molecule has 1 aromatic carbocycles. The highest BCUT2D eigenvalue weighted by atomic mass is 16.2. The highest BCUT2D eigenvalue weighted by Crippen LogP contribution is 2.23. The minimum atomic E-state index is -0.339. The van der Waals surface area contributed by atoms with Gasteiger partial charge < -0.3 is 10.2 Å². The van der Waals surface area contributed by atoms with E-state index in [0.717, 1.165) is 38.9 Å². The van der Waals surface area contributed by atoms with Crippen molar-refractivity contribution in [3.05, 3.63) is 20.4 Å². The van der Waals surface area contributed by atoms with Gasteiger partial charge in [-0.25, -0.2) is 0 Å².